The van der Waals surface area contributed by atoms with Crippen LogP contribution in [0.5, 0.6) is 0 Å². The first-order valence-electron chi connectivity index (χ1n) is 12.1. The van der Waals surface area contributed by atoms with Crippen molar-refractivity contribution in [3.63, 3.8) is 0 Å². The van der Waals surface area contributed by atoms with Gasteiger partial charge in [-0.1, -0.05) is 35.4 Å². The van der Waals surface area contributed by atoms with Gasteiger partial charge in [0, 0.05) is 18.6 Å². The lowest BCUT2D eigenvalue weighted by molar-refractivity contribution is -0.384. The lowest BCUT2D eigenvalue weighted by Gasteiger charge is -2.19. The van der Waals surface area contributed by atoms with Crippen LogP contribution in [0.2, 0.25) is 0 Å². The summed E-state index contributed by atoms with van der Waals surface area (Å²) in [6.45, 7) is 3.69. The molecular weight excluding hydrogens is 490 g/mol. The quantitative estimate of drug-likeness (QED) is 0.193. The predicted molar refractivity (Wildman–Crippen MR) is 137 cm³/mol. The van der Waals surface area contributed by atoms with E-state index in [1.165, 1.54) is 18.5 Å². The number of carbonyl (C=O) groups excluding carboxylic acids is 2. The summed E-state index contributed by atoms with van der Waals surface area (Å²) in [6, 6.07) is 18.3. The van der Waals surface area contributed by atoms with Crippen molar-refractivity contribution in [2.75, 3.05) is 6.61 Å². The molecule has 0 bridgehead atoms. The third kappa shape index (κ3) is 5.25. The van der Waals surface area contributed by atoms with Gasteiger partial charge < -0.3 is 18.8 Å². The SMILES string of the molecule is Cc1ccc(C(=O)OC[C@H]2O[C@@H](n3cnc4ccc([N+](=O)[O-])cc43)C[C@@H]2OC(=O)c2ccc(C)cc2)cc1. The topological polar surface area (TPSA) is 123 Å². The highest BCUT2D eigenvalue weighted by atomic mass is 16.6. The fraction of sp³-hybridized carbons (Fsp3) is 0.250. The molecule has 2 heterocycles. The molecule has 0 saturated carbocycles. The summed E-state index contributed by atoms with van der Waals surface area (Å²) >= 11 is 0. The first kappa shape index (κ1) is 25.1. The standard InChI is InChI=1S/C28H25N3O7/c1-17-3-7-19(8-4-17)27(32)36-15-25-24(38-28(33)20-9-5-18(2)6-10-20)14-26(37-25)30-16-29-22-12-11-21(31(34)35)13-23(22)30/h3-13,16,24-26H,14-15H2,1-2H3/t24-,25+,26+/m0/s1. The number of nitro groups is 1. The van der Waals surface area contributed by atoms with Gasteiger partial charge in [0.1, 0.15) is 25.0 Å². The van der Waals surface area contributed by atoms with E-state index < -0.39 is 35.3 Å². The zero-order valence-electron chi connectivity index (χ0n) is 20.8. The third-order valence-corrected chi connectivity index (χ3v) is 6.47. The number of aryl methyl sites for hydroxylation is 2. The van der Waals surface area contributed by atoms with Crippen molar-refractivity contribution >= 4 is 28.7 Å². The Labute approximate surface area is 217 Å². The van der Waals surface area contributed by atoms with Crippen LogP contribution in [0, 0.1) is 24.0 Å². The van der Waals surface area contributed by atoms with Gasteiger partial charge in [0.25, 0.3) is 5.69 Å². The molecule has 1 saturated heterocycles. The monoisotopic (exact) mass is 515 g/mol. The number of hydrogen-bond acceptors (Lipinski definition) is 8. The average molecular weight is 516 g/mol. The molecule has 10 nitrogen and oxygen atoms in total. The Kier molecular flexibility index (Phi) is 6.89. The molecule has 0 radical (unpaired) electrons. The second-order valence-electron chi connectivity index (χ2n) is 9.22. The van der Waals surface area contributed by atoms with Gasteiger partial charge in [0.05, 0.1) is 33.4 Å². The molecule has 0 aliphatic carbocycles. The first-order valence-corrected chi connectivity index (χ1v) is 12.1. The van der Waals surface area contributed by atoms with Crippen LogP contribution in [0.3, 0.4) is 0 Å². The van der Waals surface area contributed by atoms with Gasteiger partial charge in [-0.15, -0.1) is 0 Å². The van der Waals surface area contributed by atoms with Crippen molar-refractivity contribution < 1.29 is 28.7 Å². The number of rotatable bonds is 7. The smallest absolute Gasteiger partial charge is 0.338 e. The van der Waals surface area contributed by atoms with Crippen LogP contribution in [0.25, 0.3) is 11.0 Å². The predicted octanol–water partition coefficient (Wildman–Crippen LogP) is 4.93. The lowest BCUT2D eigenvalue weighted by atomic mass is 10.1. The molecule has 194 valence electrons. The van der Waals surface area contributed by atoms with Gasteiger partial charge in [-0.25, -0.2) is 14.6 Å². The second-order valence-corrected chi connectivity index (χ2v) is 9.22. The average Bonchev–Trinajstić information content (AvgIpc) is 3.51. The van der Waals surface area contributed by atoms with Gasteiger partial charge in [0.15, 0.2) is 0 Å². The highest BCUT2D eigenvalue weighted by molar-refractivity contribution is 5.90. The molecule has 4 aromatic rings. The van der Waals surface area contributed by atoms with Crippen LogP contribution in [0.4, 0.5) is 5.69 Å². The third-order valence-electron chi connectivity index (χ3n) is 6.47. The largest absolute Gasteiger partial charge is 0.459 e. The van der Waals surface area contributed by atoms with E-state index in [9.17, 15) is 19.7 Å². The normalized spacial score (nSPS) is 18.8. The van der Waals surface area contributed by atoms with Gasteiger partial charge in [-0.2, -0.15) is 0 Å². The number of non-ortho nitro benzene ring substituents is 1. The molecule has 0 N–H and O–H groups in total. The van der Waals surface area contributed by atoms with Crippen LogP contribution in [0.15, 0.2) is 73.1 Å². The number of imidazole rings is 1. The molecule has 1 aliphatic heterocycles. The van der Waals surface area contributed by atoms with Gasteiger partial charge in [-0.05, 0) is 44.2 Å². The number of fused-ring (bicyclic) bond motifs is 1. The highest BCUT2D eigenvalue weighted by Crippen LogP contribution is 2.34. The van der Waals surface area contributed by atoms with Crippen LogP contribution >= 0.6 is 0 Å². The summed E-state index contributed by atoms with van der Waals surface area (Å²) in [5, 5.41) is 11.3. The molecule has 1 fully saturated rings. The van der Waals surface area contributed by atoms with Crippen molar-refractivity contribution in [1.82, 2.24) is 9.55 Å². The number of benzene rings is 3. The van der Waals surface area contributed by atoms with Crippen molar-refractivity contribution in [2.24, 2.45) is 0 Å². The van der Waals surface area contributed by atoms with E-state index in [4.69, 9.17) is 14.2 Å². The van der Waals surface area contributed by atoms with Crippen molar-refractivity contribution in [1.29, 1.82) is 0 Å². The van der Waals surface area contributed by atoms with E-state index in [-0.39, 0.29) is 18.7 Å². The Bertz CT molecular complexity index is 1500. The number of carbonyl (C=O) groups is 2. The van der Waals surface area contributed by atoms with E-state index in [0.717, 1.165) is 11.1 Å². The first-order chi connectivity index (χ1) is 18.3. The van der Waals surface area contributed by atoms with E-state index in [1.54, 1.807) is 34.9 Å². The maximum absolute atomic E-state index is 12.9. The molecule has 0 amide bonds. The summed E-state index contributed by atoms with van der Waals surface area (Å²) < 4.78 is 19.2. The zero-order valence-corrected chi connectivity index (χ0v) is 20.8. The number of hydrogen-bond donors (Lipinski definition) is 0. The Morgan fingerprint density at radius 3 is 2.26 bits per heavy atom. The van der Waals surface area contributed by atoms with Crippen molar-refractivity contribution in [3.8, 4) is 0 Å². The molecule has 3 atom stereocenters. The molecule has 5 rings (SSSR count). The fourth-order valence-electron chi connectivity index (χ4n) is 4.33. The number of nitrogens with zero attached hydrogens (tertiary/aromatic N) is 3. The number of esters is 2. The molecule has 1 aromatic heterocycles. The maximum atomic E-state index is 12.9. The van der Waals surface area contributed by atoms with E-state index in [1.807, 2.05) is 38.1 Å². The van der Waals surface area contributed by atoms with Crippen LogP contribution < -0.4 is 0 Å². The van der Waals surface area contributed by atoms with E-state index >= 15 is 0 Å². The summed E-state index contributed by atoms with van der Waals surface area (Å²) in [4.78, 5) is 40.7. The Morgan fingerprint density at radius 1 is 1.00 bits per heavy atom. The molecule has 0 spiro atoms. The lowest BCUT2D eigenvalue weighted by Crippen LogP contribution is -2.32. The minimum atomic E-state index is -0.764. The Morgan fingerprint density at radius 2 is 1.63 bits per heavy atom. The molecule has 38 heavy (non-hydrogen) atoms. The van der Waals surface area contributed by atoms with Crippen LogP contribution in [0.1, 0.15) is 44.5 Å². The van der Waals surface area contributed by atoms with E-state index in [2.05, 4.69) is 4.98 Å². The summed E-state index contributed by atoms with van der Waals surface area (Å²) in [7, 11) is 0. The van der Waals surface area contributed by atoms with Gasteiger partial charge in [-0.3, -0.25) is 10.1 Å². The summed E-state index contributed by atoms with van der Waals surface area (Å²) in [6.07, 6.45) is -0.395. The maximum Gasteiger partial charge on any atom is 0.338 e. The number of nitro benzene ring substituents is 1. The molecule has 3 aromatic carbocycles. The number of aromatic nitrogens is 2. The fourth-order valence-corrected chi connectivity index (χ4v) is 4.33. The molecule has 0 unspecified atom stereocenters. The molecule has 10 heteroatoms. The van der Waals surface area contributed by atoms with E-state index in [0.29, 0.717) is 22.2 Å². The minimum absolute atomic E-state index is 0.0804. The molecule has 1 aliphatic rings. The number of ether oxygens (including phenoxy) is 3. The van der Waals surface area contributed by atoms with Crippen LogP contribution in [-0.4, -0.2) is 45.2 Å². The summed E-state index contributed by atoms with van der Waals surface area (Å²) in [5.74, 6) is -1.05. The summed E-state index contributed by atoms with van der Waals surface area (Å²) in [5.41, 5.74) is 3.78. The van der Waals surface area contributed by atoms with Gasteiger partial charge >= 0.3 is 11.9 Å². The van der Waals surface area contributed by atoms with Gasteiger partial charge in [0.2, 0.25) is 0 Å². The second kappa shape index (κ2) is 10.4. The van der Waals surface area contributed by atoms with Crippen LogP contribution in [-0.2, 0) is 14.2 Å². The molecular formula is C28H25N3O7. The Hall–Kier alpha value is -4.57. The van der Waals surface area contributed by atoms with Crippen molar-refractivity contribution in [2.45, 2.75) is 38.7 Å². The van der Waals surface area contributed by atoms with Crippen molar-refractivity contribution in [3.05, 3.63) is 105 Å². The minimum Gasteiger partial charge on any atom is -0.459 e. The zero-order chi connectivity index (χ0) is 26.8. The Balaban J connectivity index is 1.38. The highest BCUT2D eigenvalue weighted by Gasteiger charge is 2.40.